The highest BCUT2D eigenvalue weighted by Gasteiger charge is 2.43. The number of phosphoric acid groups is 1. The highest BCUT2D eigenvalue weighted by Crippen LogP contribution is 2.49. The van der Waals surface area contributed by atoms with Crippen LogP contribution >= 0.6 is 19.6 Å². The Bertz CT molecular complexity index is 948. The lowest BCUT2D eigenvalue weighted by atomic mass is 9.97. The van der Waals surface area contributed by atoms with Crippen LogP contribution in [0.5, 0.6) is 0 Å². The number of nitrogens with zero attached hydrogens (tertiary/aromatic N) is 1. The van der Waals surface area contributed by atoms with Crippen molar-refractivity contribution < 1.29 is 37.9 Å². The number of aromatic amines is 1. The molecule has 0 saturated carbocycles. The second-order valence-electron chi connectivity index (χ2n) is 7.87. The molecule has 1 aliphatic rings. The SMILES string of the molecule is COP(=O)(OCCSC(=O)C(C)(C)CO)OC[C@H]1O[C@@H](n2ccc(=O)[nH]c2=O)[C@H](O)[C@@H]1C. The largest absolute Gasteiger partial charge is 0.474 e. The van der Waals surface area contributed by atoms with Gasteiger partial charge in [-0.15, -0.1) is 0 Å². The number of aliphatic hydroxyl groups excluding tert-OH is 2. The summed E-state index contributed by atoms with van der Waals surface area (Å²) in [5.41, 5.74) is -2.21. The second-order valence-corrected chi connectivity index (χ2v) is 10.7. The molecule has 0 aliphatic carbocycles. The fraction of sp³-hybridized carbons (Fsp3) is 0.722. The normalized spacial score (nSPS) is 25.6. The summed E-state index contributed by atoms with van der Waals surface area (Å²) in [7, 11) is -2.82. The van der Waals surface area contributed by atoms with Crippen molar-refractivity contribution in [3.63, 3.8) is 0 Å². The molecule has 5 atom stereocenters. The van der Waals surface area contributed by atoms with Gasteiger partial charge < -0.3 is 14.9 Å². The number of phosphoric ester groups is 1. The van der Waals surface area contributed by atoms with Crippen molar-refractivity contribution in [3.05, 3.63) is 33.1 Å². The number of carbonyl (C=O) groups is 1. The van der Waals surface area contributed by atoms with Gasteiger partial charge in [-0.1, -0.05) is 18.7 Å². The van der Waals surface area contributed by atoms with E-state index in [1.807, 2.05) is 0 Å². The molecular formula is C18H29N2O10PS. The molecule has 1 aliphatic heterocycles. The molecule has 1 fully saturated rings. The predicted octanol–water partition coefficient (Wildman–Crippen LogP) is 0.497. The van der Waals surface area contributed by atoms with Gasteiger partial charge in [0, 0.05) is 31.0 Å². The maximum atomic E-state index is 12.7. The number of ether oxygens (including phenoxy) is 1. The van der Waals surface area contributed by atoms with Crippen LogP contribution in [-0.2, 0) is 27.7 Å². The maximum Gasteiger partial charge on any atom is 0.474 e. The summed E-state index contributed by atoms with van der Waals surface area (Å²) in [6, 6.07) is 1.13. The summed E-state index contributed by atoms with van der Waals surface area (Å²) < 4.78 is 34.8. The average molecular weight is 496 g/mol. The number of hydrogen-bond donors (Lipinski definition) is 3. The summed E-state index contributed by atoms with van der Waals surface area (Å²) in [5.74, 6) is -0.330. The van der Waals surface area contributed by atoms with Gasteiger partial charge in [0.15, 0.2) is 11.3 Å². The predicted molar refractivity (Wildman–Crippen MR) is 115 cm³/mol. The van der Waals surface area contributed by atoms with Crippen molar-refractivity contribution in [1.82, 2.24) is 9.55 Å². The van der Waals surface area contributed by atoms with E-state index in [2.05, 4.69) is 4.98 Å². The molecule has 1 unspecified atom stereocenters. The van der Waals surface area contributed by atoms with Crippen molar-refractivity contribution >= 4 is 24.7 Å². The van der Waals surface area contributed by atoms with E-state index in [-0.39, 0.29) is 30.7 Å². The second kappa shape index (κ2) is 11.2. The number of carbonyl (C=O) groups excluding carboxylic acids is 1. The number of rotatable bonds is 11. The summed E-state index contributed by atoms with van der Waals surface area (Å²) >= 11 is 0.932. The summed E-state index contributed by atoms with van der Waals surface area (Å²) in [5, 5.41) is 19.4. The van der Waals surface area contributed by atoms with E-state index in [0.29, 0.717) is 0 Å². The van der Waals surface area contributed by atoms with Crippen molar-refractivity contribution in [3.8, 4) is 0 Å². The third-order valence-electron chi connectivity index (χ3n) is 4.99. The van der Waals surface area contributed by atoms with Gasteiger partial charge >= 0.3 is 13.5 Å². The number of thioether (sulfide) groups is 1. The molecule has 14 heteroatoms. The van der Waals surface area contributed by atoms with Gasteiger partial charge in [-0.05, 0) is 13.8 Å². The van der Waals surface area contributed by atoms with Crippen LogP contribution in [0, 0.1) is 11.3 Å². The Morgan fingerprint density at radius 1 is 1.38 bits per heavy atom. The summed E-state index contributed by atoms with van der Waals surface area (Å²) in [6.45, 7) is 4.22. The molecule has 1 saturated heterocycles. The Kier molecular flexibility index (Phi) is 9.44. The highest BCUT2D eigenvalue weighted by atomic mass is 32.2. The van der Waals surface area contributed by atoms with Crippen LogP contribution in [0.25, 0.3) is 0 Å². The van der Waals surface area contributed by atoms with Gasteiger partial charge in [0.2, 0.25) is 0 Å². The van der Waals surface area contributed by atoms with Crippen molar-refractivity contribution in [2.24, 2.45) is 11.3 Å². The zero-order valence-corrected chi connectivity index (χ0v) is 20.0. The molecule has 1 aromatic rings. The van der Waals surface area contributed by atoms with Gasteiger partial charge in [-0.3, -0.25) is 32.7 Å². The Morgan fingerprint density at radius 3 is 2.66 bits per heavy atom. The molecule has 0 aromatic carbocycles. The monoisotopic (exact) mass is 496 g/mol. The number of aliphatic hydroxyl groups is 2. The van der Waals surface area contributed by atoms with Gasteiger partial charge in [0.1, 0.15) is 6.10 Å². The first-order valence-corrected chi connectivity index (χ1v) is 12.3. The van der Waals surface area contributed by atoms with Crippen molar-refractivity contribution in [2.45, 2.75) is 39.2 Å². The van der Waals surface area contributed by atoms with E-state index in [1.54, 1.807) is 20.8 Å². The minimum atomic E-state index is -3.97. The first-order chi connectivity index (χ1) is 14.9. The van der Waals surface area contributed by atoms with Crippen LogP contribution in [0.1, 0.15) is 27.0 Å². The number of aromatic nitrogens is 2. The molecule has 0 radical (unpaired) electrons. The first kappa shape index (κ1) is 26.9. The van der Waals surface area contributed by atoms with Crippen molar-refractivity contribution in [1.29, 1.82) is 0 Å². The molecule has 2 heterocycles. The van der Waals surface area contributed by atoms with E-state index < -0.39 is 48.8 Å². The van der Waals surface area contributed by atoms with E-state index in [1.165, 1.54) is 6.20 Å². The fourth-order valence-corrected chi connectivity index (χ4v) is 4.62. The van der Waals surface area contributed by atoms with Crippen LogP contribution in [-0.4, -0.2) is 69.8 Å². The number of nitrogens with one attached hydrogen (secondary N) is 1. The first-order valence-electron chi connectivity index (χ1n) is 9.82. The zero-order chi connectivity index (χ0) is 24.1. The van der Waals surface area contributed by atoms with Crippen molar-refractivity contribution in [2.75, 3.05) is 32.7 Å². The van der Waals surface area contributed by atoms with E-state index in [9.17, 15) is 29.2 Å². The standard InChI is InChI=1S/C18H29N2O10PS/c1-11-12(30-15(14(11)23)20-6-5-13(22)19-17(20)25)9-29-31(26,27-4)28-7-8-32-16(24)18(2,3)10-21/h5-6,11-12,14-15,21,23H,7-10H2,1-4H3,(H,19,22,25)/t11-,12-,14-,15-,31?/m1/s1. The molecule has 0 bridgehead atoms. The molecule has 2 rings (SSSR count). The third kappa shape index (κ3) is 6.61. The molecule has 3 N–H and O–H groups in total. The molecule has 12 nitrogen and oxygen atoms in total. The summed E-state index contributed by atoms with van der Waals surface area (Å²) in [6.07, 6.45) is -1.69. The van der Waals surface area contributed by atoms with E-state index in [4.69, 9.17) is 18.3 Å². The molecule has 182 valence electrons. The average Bonchev–Trinajstić information content (AvgIpc) is 3.03. The minimum Gasteiger partial charge on any atom is -0.395 e. The third-order valence-corrected chi connectivity index (χ3v) is 7.59. The van der Waals surface area contributed by atoms with Crippen LogP contribution in [0.2, 0.25) is 0 Å². The van der Waals surface area contributed by atoms with Gasteiger partial charge in [-0.2, -0.15) is 0 Å². The van der Waals surface area contributed by atoms with Crippen LogP contribution < -0.4 is 11.2 Å². The zero-order valence-electron chi connectivity index (χ0n) is 18.3. The Hall–Kier alpha value is -1.31. The topological polar surface area (TPSA) is 166 Å². The number of H-pyrrole nitrogens is 1. The van der Waals surface area contributed by atoms with Crippen LogP contribution in [0.15, 0.2) is 21.9 Å². The van der Waals surface area contributed by atoms with Gasteiger partial charge in [0.25, 0.3) is 5.56 Å². The van der Waals surface area contributed by atoms with E-state index >= 15 is 0 Å². The smallest absolute Gasteiger partial charge is 0.395 e. The van der Waals surface area contributed by atoms with Gasteiger partial charge in [0.05, 0.1) is 31.3 Å². The Labute approximate surface area is 188 Å². The molecular weight excluding hydrogens is 467 g/mol. The number of hydrogen-bond acceptors (Lipinski definition) is 11. The van der Waals surface area contributed by atoms with Crippen LogP contribution in [0.3, 0.4) is 0 Å². The van der Waals surface area contributed by atoms with Gasteiger partial charge in [-0.25, -0.2) is 9.36 Å². The molecule has 0 spiro atoms. The van der Waals surface area contributed by atoms with E-state index in [0.717, 1.165) is 29.5 Å². The Balaban J connectivity index is 1.91. The molecule has 32 heavy (non-hydrogen) atoms. The quantitative estimate of drug-likeness (QED) is 0.288. The highest BCUT2D eigenvalue weighted by molar-refractivity contribution is 8.13. The maximum absolute atomic E-state index is 12.7. The molecule has 1 aromatic heterocycles. The minimum absolute atomic E-state index is 0.109. The van der Waals surface area contributed by atoms with Crippen LogP contribution in [0.4, 0.5) is 0 Å². The lowest BCUT2D eigenvalue weighted by Crippen LogP contribution is -2.35. The fourth-order valence-electron chi connectivity index (χ4n) is 2.76. The Morgan fingerprint density at radius 2 is 2.06 bits per heavy atom. The summed E-state index contributed by atoms with van der Waals surface area (Å²) in [4.78, 5) is 37.3. The lowest BCUT2D eigenvalue weighted by Gasteiger charge is -2.21. The molecule has 0 amide bonds. The lowest BCUT2D eigenvalue weighted by molar-refractivity contribution is -0.119.